The average molecular weight is 266 g/mol. The van der Waals surface area contributed by atoms with Gasteiger partial charge in [0.1, 0.15) is 5.82 Å². The molecule has 2 fully saturated rings. The highest BCUT2D eigenvalue weighted by molar-refractivity contribution is 5.19. The summed E-state index contributed by atoms with van der Waals surface area (Å²) in [5, 5.41) is 0. The summed E-state index contributed by atoms with van der Waals surface area (Å²) in [7, 11) is 0. The Bertz CT molecular complexity index is 444. The largest absolute Gasteiger partial charge is 0.373 e. The van der Waals surface area contributed by atoms with Crippen molar-refractivity contribution in [1.82, 2.24) is 15.3 Å². The maximum atomic E-state index is 13.8. The predicted molar refractivity (Wildman–Crippen MR) is 68.6 cm³/mol. The van der Waals surface area contributed by atoms with Gasteiger partial charge in [-0.25, -0.2) is 4.39 Å². The molecule has 2 aliphatic rings. The Balaban J connectivity index is 1.77. The van der Waals surface area contributed by atoms with E-state index in [4.69, 9.17) is 10.6 Å². The number of ether oxygens (including phenoxy) is 1. The number of aromatic nitrogens is 1. The first kappa shape index (κ1) is 12.9. The van der Waals surface area contributed by atoms with E-state index in [0.29, 0.717) is 18.2 Å². The topological polar surface area (TPSA) is 63.4 Å². The van der Waals surface area contributed by atoms with E-state index in [2.05, 4.69) is 15.3 Å². The fraction of sp³-hybridized carbons (Fsp3) is 0.615. The van der Waals surface area contributed by atoms with Crippen molar-refractivity contribution >= 4 is 0 Å². The van der Waals surface area contributed by atoms with Crippen molar-refractivity contribution in [1.29, 1.82) is 0 Å². The van der Waals surface area contributed by atoms with Gasteiger partial charge in [0.15, 0.2) is 0 Å². The van der Waals surface area contributed by atoms with Crippen molar-refractivity contribution in [2.75, 3.05) is 19.7 Å². The molecule has 5 nitrogen and oxygen atoms in total. The van der Waals surface area contributed by atoms with Gasteiger partial charge in [-0.2, -0.15) is 0 Å². The van der Waals surface area contributed by atoms with Crippen molar-refractivity contribution in [2.24, 2.45) is 5.84 Å². The molecular weight excluding hydrogens is 247 g/mol. The van der Waals surface area contributed by atoms with Crippen LogP contribution in [-0.2, 0) is 4.74 Å². The minimum Gasteiger partial charge on any atom is -0.373 e. The monoisotopic (exact) mass is 266 g/mol. The van der Waals surface area contributed by atoms with Crippen LogP contribution in [0.1, 0.15) is 24.4 Å². The SMILES string of the molecule is NNC(c1ccncc1F)C1CN2CCCC2CO1. The van der Waals surface area contributed by atoms with E-state index in [1.165, 1.54) is 19.0 Å². The molecule has 3 heterocycles. The summed E-state index contributed by atoms with van der Waals surface area (Å²) in [6.07, 6.45) is 5.06. The molecule has 2 saturated heterocycles. The number of nitrogens with two attached hydrogens (primary N) is 1. The van der Waals surface area contributed by atoms with E-state index in [9.17, 15) is 4.39 Å². The Morgan fingerprint density at radius 1 is 1.58 bits per heavy atom. The smallest absolute Gasteiger partial charge is 0.146 e. The van der Waals surface area contributed by atoms with E-state index < -0.39 is 0 Å². The Labute approximate surface area is 111 Å². The number of fused-ring (bicyclic) bond motifs is 1. The van der Waals surface area contributed by atoms with E-state index >= 15 is 0 Å². The molecule has 3 unspecified atom stereocenters. The van der Waals surface area contributed by atoms with Crippen LogP contribution < -0.4 is 11.3 Å². The minimum atomic E-state index is -0.349. The fourth-order valence-corrected chi connectivity index (χ4v) is 3.08. The third-order valence-corrected chi connectivity index (χ3v) is 4.11. The minimum absolute atomic E-state index is 0.128. The van der Waals surface area contributed by atoms with Crippen molar-refractivity contribution in [3.63, 3.8) is 0 Å². The molecule has 1 aromatic heterocycles. The second-order valence-electron chi connectivity index (χ2n) is 5.20. The first-order valence-corrected chi connectivity index (χ1v) is 6.71. The zero-order chi connectivity index (χ0) is 13.2. The van der Waals surface area contributed by atoms with Crippen LogP contribution in [0.15, 0.2) is 18.5 Å². The normalized spacial score (nSPS) is 29.2. The summed E-state index contributed by atoms with van der Waals surface area (Å²) in [6.45, 7) is 2.59. The molecule has 3 atom stereocenters. The molecule has 0 radical (unpaired) electrons. The molecule has 0 spiro atoms. The number of pyridine rings is 1. The van der Waals surface area contributed by atoms with E-state index in [1.807, 2.05) is 0 Å². The van der Waals surface area contributed by atoms with Crippen LogP contribution in [-0.4, -0.2) is 41.7 Å². The van der Waals surface area contributed by atoms with Gasteiger partial charge in [0.2, 0.25) is 0 Å². The lowest BCUT2D eigenvalue weighted by molar-refractivity contribution is -0.0657. The molecule has 0 bridgehead atoms. The molecule has 0 aromatic carbocycles. The van der Waals surface area contributed by atoms with Crippen molar-refractivity contribution in [3.05, 3.63) is 29.8 Å². The summed E-state index contributed by atoms with van der Waals surface area (Å²) in [5.74, 6) is 5.26. The average Bonchev–Trinajstić information content (AvgIpc) is 2.89. The Hall–Kier alpha value is -1.08. The highest BCUT2D eigenvalue weighted by Crippen LogP contribution is 2.29. The number of halogens is 1. The van der Waals surface area contributed by atoms with Gasteiger partial charge < -0.3 is 4.74 Å². The highest BCUT2D eigenvalue weighted by Gasteiger charge is 2.36. The molecule has 0 aliphatic carbocycles. The summed E-state index contributed by atoms with van der Waals surface area (Å²) in [6, 6.07) is 1.83. The predicted octanol–water partition coefficient (Wildman–Crippen LogP) is 0.588. The van der Waals surface area contributed by atoms with Gasteiger partial charge in [0.25, 0.3) is 0 Å². The van der Waals surface area contributed by atoms with E-state index in [-0.39, 0.29) is 18.0 Å². The fourth-order valence-electron chi connectivity index (χ4n) is 3.08. The summed E-state index contributed by atoms with van der Waals surface area (Å²) >= 11 is 0. The standard InChI is InChI=1S/C13H19FN4O/c14-11-6-16-4-3-10(11)13(17-15)12-7-18-5-1-2-9(18)8-19-12/h3-4,6,9,12-13,17H,1-2,5,7-8,15H2. The third-order valence-electron chi connectivity index (χ3n) is 4.11. The third kappa shape index (κ3) is 2.49. The molecule has 0 saturated carbocycles. The molecule has 3 N–H and O–H groups in total. The van der Waals surface area contributed by atoms with Crippen LogP contribution in [0.25, 0.3) is 0 Å². The second-order valence-corrected chi connectivity index (χ2v) is 5.20. The summed E-state index contributed by atoms with van der Waals surface area (Å²) < 4.78 is 19.7. The van der Waals surface area contributed by atoms with Crippen molar-refractivity contribution in [3.8, 4) is 0 Å². The molecule has 2 aliphatic heterocycles. The van der Waals surface area contributed by atoms with Gasteiger partial charge in [-0.1, -0.05) is 0 Å². The first-order valence-electron chi connectivity index (χ1n) is 6.71. The number of rotatable bonds is 3. The molecule has 19 heavy (non-hydrogen) atoms. The van der Waals surface area contributed by atoms with Crippen LogP contribution in [0.5, 0.6) is 0 Å². The molecule has 0 amide bonds. The molecule has 1 aromatic rings. The quantitative estimate of drug-likeness (QED) is 0.619. The number of nitrogens with one attached hydrogen (secondary N) is 1. The number of hydrazine groups is 1. The van der Waals surface area contributed by atoms with Gasteiger partial charge in [-0.05, 0) is 25.5 Å². The lowest BCUT2D eigenvalue weighted by atomic mass is 10.0. The van der Waals surface area contributed by atoms with Gasteiger partial charge >= 0.3 is 0 Å². The van der Waals surface area contributed by atoms with Gasteiger partial charge in [0, 0.05) is 24.3 Å². The van der Waals surface area contributed by atoms with Crippen molar-refractivity contribution in [2.45, 2.75) is 31.0 Å². The van der Waals surface area contributed by atoms with Gasteiger partial charge in [-0.3, -0.25) is 21.2 Å². The van der Waals surface area contributed by atoms with Crippen LogP contribution in [0.2, 0.25) is 0 Å². The maximum absolute atomic E-state index is 13.8. The highest BCUT2D eigenvalue weighted by atomic mass is 19.1. The second kappa shape index (κ2) is 5.50. The molecular formula is C13H19FN4O. The zero-order valence-electron chi connectivity index (χ0n) is 10.8. The zero-order valence-corrected chi connectivity index (χ0v) is 10.8. The van der Waals surface area contributed by atoms with Crippen LogP contribution in [0.3, 0.4) is 0 Å². The van der Waals surface area contributed by atoms with E-state index in [1.54, 1.807) is 12.3 Å². The Morgan fingerprint density at radius 3 is 3.26 bits per heavy atom. The first-order chi connectivity index (χ1) is 9.29. The molecule has 104 valence electrons. The number of hydrogen-bond acceptors (Lipinski definition) is 5. The molecule has 3 rings (SSSR count). The molecule has 6 heteroatoms. The Kier molecular flexibility index (Phi) is 3.74. The van der Waals surface area contributed by atoms with Gasteiger partial charge in [0.05, 0.1) is 24.9 Å². The van der Waals surface area contributed by atoms with E-state index in [0.717, 1.165) is 13.1 Å². The van der Waals surface area contributed by atoms with Crippen LogP contribution in [0.4, 0.5) is 4.39 Å². The summed E-state index contributed by atoms with van der Waals surface area (Å²) in [5.41, 5.74) is 3.20. The number of hydrogen-bond donors (Lipinski definition) is 2. The maximum Gasteiger partial charge on any atom is 0.146 e. The summed E-state index contributed by atoms with van der Waals surface area (Å²) in [4.78, 5) is 6.18. The Morgan fingerprint density at radius 2 is 2.47 bits per heavy atom. The van der Waals surface area contributed by atoms with Crippen LogP contribution in [0, 0.1) is 5.82 Å². The lowest BCUT2D eigenvalue weighted by Crippen LogP contribution is -2.51. The number of morpholine rings is 1. The van der Waals surface area contributed by atoms with Crippen LogP contribution >= 0.6 is 0 Å². The lowest BCUT2D eigenvalue weighted by Gasteiger charge is -2.38. The van der Waals surface area contributed by atoms with Gasteiger partial charge in [-0.15, -0.1) is 0 Å². The number of nitrogens with zero attached hydrogens (tertiary/aromatic N) is 2. The van der Waals surface area contributed by atoms with Crippen molar-refractivity contribution < 1.29 is 9.13 Å².